The van der Waals surface area contributed by atoms with Crippen molar-refractivity contribution in [2.45, 2.75) is 25.5 Å². The van der Waals surface area contributed by atoms with Gasteiger partial charge in [0.15, 0.2) is 0 Å². The van der Waals surface area contributed by atoms with E-state index in [0.29, 0.717) is 31.2 Å². The van der Waals surface area contributed by atoms with Gasteiger partial charge < -0.3 is 19.3 Å². The van der Waals surface area contributed by atoms with E-state index < -0.39 is 5.60 Å². The quantitative estimate of drug-likeness (QED) is 0.610. The van der Waals surface area contributed by atoms with Crippen LogP contribution >= 0.6 is 22.9 Å². The molecule has 4 rings (SSSR count). The first-order valence-corrected chi connectivity index (χ1v) is 12.4. The minimum atomic E-state index is -0.677. The summed E-state index contributed by atoms with van der Waals surface area (Å²) in [5.74, 6) is 0.877. The highest BCUT2D eigenvalue weighted by Crippen LogP contribution is 2.28. The molecule has 3 heterocycles. The van der Waals surface area contributed by atoms with Crippen molar-refractivity contribution in [3.05, 3.63) is 51.2 Å². The maximum absolute atomic E-state index is 13.2. The van der Waals surface area contributed by atoms with Crippen LogP contribution in [0.4, 0.5) is 0 Å². The molecule has 2 fully saturated rings. The van der Waals surface area contributed by atoms with Gasteiger partial charge in [0.2, 0.25) is 5.91 Å². The lowest BCUT2D eigenvalue weighted by atomic mass is 9.96. The normalized spacial score (nSPS) is 22.8. The number of rotatable bonds is 7. The highest BCUT2D eigenvalue weighted by molar-refractivity contribution is 7.10. The molecular weight excluding hydrogens is 446 g/mol. The molecule has 174 valence electrons. The van der Waals surface area contributed by atoms with Crippen molar-refractivity contribution in [1.82, 2.24) is 14.7 Å². The Bertz CT molecular complexity index is 898. The second-order valence-corrected chi connectivity index (χ2v) is 10.3. The highest BCUT2D eigenvalue weighted by Gasteiger charge is 2.41. The van der Waals surface area contributed by atoms with E-state index in [1.54, 1.807) is 11.3 Å². The van der Waals surface area contributed by atoms with Gasteiger partial charge in [0, 0.05) is 55.7 Å². The summed E-state index contributed by atoms with van der Waals surface area (Å²) in [4.78, 5) is 21.2. The monoisotopic (exact) mass is 477 g/mol. The van der Waals surface area contributed by atoms with E-state index >= 15 is 0 Å². The van der Waals surface area contributed by atoms with E-state index in [9.17, 15) is 4.79 Å². The molecule has 6 nitrogen and oxygen atoms in total. The van der Waals surface area contributed by atoms with E-state index in [1.165, 1.54) is 10.4 Å². The molecule has 2 aliphatic heterocycles. The van der Waals surface area contributed by atoms with Crippen LogP contribution in [-0.4, -0.2) is 85.7 Å². The molecule has 1 atom stereocenters. The molecule has 0 unspecified atom stereocenters. The molecule has 2 saturated heterocycles. The number of carbonyl (C=O) groups excluding carboxylic acids is 1. The summed E-state index contributed by atoms with van der Waals surface area (Å²) in [5.41, 5.74) is 0.641. The average Bonchev–Trinajstić information content (AvgIpc) is 3.18. The first kappa shape index (κ1) is 23.5. The van der Waals surface area contributed by atoms with Crippen LogP contribution < -0.4 is 4.74 Å². The van der Waals surface area contributed by atoms with Gasteiger partial charge in [-0.1, -0.05) is 11.6 Å². The summed E-state index contributed by atoms with van der Waals surface area (Å²) in [6.07, 6.45) is 0.324. The molecular formula is C24H32ClN3O3S. The number of halogens is 1. The zero-order valence-corrected chi connectivity index (χ0v) is 20.5. The molecule has 0 radical (unpaired) electrons. The van der Waals surface area contributed by atoms with E-state index in [0.717, 1.165) is 45.0 Å². The number of benzene rings is 1. The molecule has 1 amide bonds. The summed E-state index contributed by atoms with van der Waals surface area (Å²) >= 11 is 7.80. The number of piperazine rings is 1. The fraction of sp³-hybridized carbons (Fsp3) is 0.542. The van der Waals surface area contributed by atoms with Gasteiger partial charge in [0.25, 0.3) is 0 Å². The van der Waals surface area contributed by atoms with Crippen LogP contribution in [0.1, 0.15) is 16.9 Å². The molecule has 0 saturated carbocycles. The molecule has 0 spiro atoms. The smallest absolute Gasteiger partial charge is 0.225 e. The predicted molar refractivity (Wildman–Crippen MR) is 129 cm³/mol. The van der Waals surface area contributed by atoms with Crippen molar-refractivity contribution in [2.75, 3.05) is 59.5 Å². The van der Waals surface area contributed by atoms with Crippen LogP contribution in [0.15, 0.2) is 35.7 Å². The van der Waals surface area contributed by atoms with Gasteiger partial charge in [-0.3, -0.25) is 9.69 Å². The number of thiophene rings is 1. The van der Waals surface area contributed by atoms with E-state index in [2.05, 4.69) is 35.2 Å². The zero-order valence-electron chi connectivity index (χ0n) is 18.9. The van der Waals surface area contributed by atoms with E-state index in [-0.39, 0.29) is 5.91 Å². The Morgan fingerprint density at radius 3 is 2.59 bits per heavy atom. The largest absolute Gasteiger partial charge is 0.491 e. The van der Waals surface area contributed by atoms with Gasteiger partial charge in [-0.15, -0.1) is 11.3 Å². The fourth-order valence-electron chi connectivity index (χ4n) is 4.26. The van der Waals surface area contributed by atoms with Crippen molar-refractivity contribution in [2.24, 2.45) is 0 Å². The number of hydrogen-bond donors (Lipinski definition) is 0. The number of hydrogen-bond acceptors (Lipinski definition) is 6. The Hall–Kier alpha value is -1.64. The second-order valence-electron chi connectivity index (χ2n) is 8.87. The SMILES string of the molecule is Cc1ccsc1CN1CCO[C@](COc2ccc(Cl)cc2)(CC(=O)N2CCN(C)CC2)C1. The Labute approximate surface area is 199 Å². The minimum Gasteiger partial charge on any atom is -0.491 e. The van der Waals surface area contributed by atoms with Gasteiger partial charge in [0.1, 0.15) is 18.0 Å². The van der Waals surface area contributed by atoms with Gasteiger partial charge in [-0.25, -0.2) is 0 Å². The first-order chi connectivity index (χ1) is 15.4. The molecule has 2 aromatic rings. The Morgan fingerprint density at radius 2 is 1.91 bits per heavy atom. The molecule has 0 aliphatic carbocycles. The molecule has 0 bridgehead atoms. The number of morpholine rings is 1. The summed E-state index contributed by atoms with van der Waals surface area (Å²) in [7, 11) is 2.10. The Balaban J connectivity index is 1.47. The van der Waals surface area contributed by atoms with Crippen molar-refractivity contribution in [3.63, 3.8) is 0 Å². The predicted octanol–water partition coefficient (Wildman–Crippen LogP) is 3.52. The third-order valence-electron chi connectivity index (χ3n) is 6.31. The van der Waals surface area contributed by atoms with Gasteiger partial charge >= 0.3 is 0 Å². The first-order valence-electron chi connectivity index (χ1n) is 11.2. The molecule has 32 heavy (non-hydrogen) atoms. The van der Waals surface area contributed by atoms with Crippen molar-refractivity contribution >= 4 is 28.8 Å². The minimum absolute atomic E-state index is 0.145. The molecule has 2 aliphatic rings. The Kier molecular flexibility index (Phi) is 7.74. The summed E-state index contributed by atoms with van der Waals surface area (Å²) in [6, 6.07) is 9.50. The van der Waals surface area contributed by atoms with Gasteiger partial charge in [-0.2, -0.15) is 0 Å². The maximum atomic E-state index is 13.2. The standard InChI is InChI=1S/C24H32ClN3O3S/c1-19-7-14-32-22(19)16-27-12-13-31-24(17-27,18-30-21-5-3-20(25)4-6-21)15-23(29)28-10-8-26(2)9-11-28/h3-7,14H,8-13,15-18H2,1-2H3/t24-/m1/s1. The number of aryl methyl sites for hydroxylation is 1. The Morgan fingerprint density at radius 1 is 1.16 bits per heavy atom. The number of carbonyl (C=O) groups is 1. The lowest BCUT2D eigenvalue weighted by molar-refractivity contribution is -0.157. The van der Waals surface area contributed by atoms with Crippen LogP contribution in [0.2, 0.25) is 5.02 Å². The van der Waals surface area contributed by atoms with Gasteiger partial charge in [-0.05, 0) is 55.2 Å². The molecule has 1 aromatic carbocycles. The third-order valence-corrected chi connectivity index (χ3v) is 7.57. The van der Waals surface area contributed by atoms with Crippen LogP contribution in [-0.2, 0) is 16.1 Å². The van der Waals surface area contributed by atoms with Crippen LogP contribution in [0.25, 0.3) is 0 Å². The van der Waals surface area contributed by atoms with Crippen LogP contribution in [0, 0.1) is 6.92 Å². The summed E-state index contributed by atoms with van der Waals surface area (Å²) in [5, 5.41) is 2.81. The maximum Gasteiger partial charge on any atom is 0.225 e. The summed E-state index contributed by atoms with van der Waals surface area (Å²) in [6.45, 7) is 8.80. The topological polar surface area (TPSA) is 45.3 Å². The lowest BCUT2D eigenvalue weighted by Crippen LogP contribution is -2.58. The van der Waals surface area contributed by atoms with E-state index in [1.807, 2.05) is 29.2 Å². The number of amides is 1. The molecule has 0 N–H and O–H groups in total. The average molecular weight is 478 g/mol. The van der Waals surface area contributed by atoms with Crippen LogP contribution in [0.3, 0.4) is 0 Å². The number of nitrogens with zero attached hydrogens (tertiary/aromatic N) is 3. The highest BCUT2D eigenvalue weighted by atomic mass is 35.5. The summed E-state index contributed by atoms with van der Waals surface area (Å²) < 4.78 is 12.5. The molecule has 1 aromatic heterocycles. The number of ether oxygens (including phenoxy) is 2. The fourth-order valence-corrected chi connectivity index (χ4v) is 5.34. The van der Waals surface area contributed by atoms with Gasteiger partial charge in [0.05, 0.1) is 13.0 Å². The van der Waals surface area contributed by atoms with Crippen molar-refractivity contribution < 1.29 is 14.3 Å². The van der Waals surface area contributed by atoms with Crippen molar-refractivity contribution in [3.8, 4) is 5.75 Å². The van der Waals surface area contributed by atoms with E-state index in [4.69, 9.17) is 21.1 Å². The van der Waals surface area contributed by atoms with Crippen molar-refractivity contribution in [1.29, 1.82) is 0 Å². The molecule has 8 heteroatoms. The lowest BCUT2D eigenvalue weighted by Gasteiger charge is -2.43. The zero-order chi connectivity index (χ0) is 22.6. The second kappa shape index (κ2) is 10.5. The third kappa shape index (κ3) is 6.02. The van der Waals surface area contributed by atoms with Crippen LogP contribution in [0.5, 0.6) is 5.75 Å². The number of likely N-dealkylation sites (N-methyl/N-ethyl adjacent to an activating group) is 1.